The number of aromatic nitrogens is 3. The summed E-state index contributed by atoms with van der Waals surface area (Å²) in [5.41, 5.74) is 1.14. The Kier molecular flexibility index (Phi) is 7.72. The molecule has 0 bridgehead atoms. The highest BCUT2D eigenvalue weighted by Crippen LogP contribution is 2.23. The third-order valence-corrected chi connectivity index (χ3v) is 6.77. The Morgan fingerprint density at radius 1 is 0.971 bits per heavy atom. The molecule has 0 atom stereocenters. The van der Waals surface area contributed by atoms with E-state index in [0.29, 0.717) is 33.1 Å². The van der Waals surface area contributed by atoms with Crippen LogP contribution in [-0.2, 0) is 17.9 Å². The molecule has 4 aromatic rings. The second kappa shape index (κ2) is 10.9. The summed E-state index contributed by atoms with van der Waals surface area (Å²) in [6.07, 6.45) is 0. The van der Waals surface area contributed by atoms with Gasteiger partial charge in [-0.05, 0) is 48.0 Å². The number of hydrogen-bond acceptors (Lipinski definition) is 5. The Morgan fingerprint density at radius 3 is 2.53 bits per heavy atom. The molecular weight excluding hydrogens is 493 g/mol. The first-order valence-electron chi connectivity index (χ1n) is 10.5. The quantitative estimate of drug-likeness (QED) is 0.307. The predicted octanol–water partition coefficient (Wildman–Crippen LogP) is 5.42. The average Bonchev–Trinajstić information content (AvgIpc) is 3.24. The zero-order valence-electron chi connectivity index (χ0n) is 18.2. The monoisotopic (exact) mass is 513 g/mol. The smallest absolute Gasteiger partial charge is 0.251 e. The topological polar surface area (TPSA) is 88.9 Å². The van der Waals surface area contributed by atoms with Crippen LogP contribution in [0.3, 0.4) is 0 Å². The lowest BCUT2D eigenvalue weighted by atomic mass is 10.1. The zero-order valence-corrected chi connectivity index (χ0v) is 20.5. The SMILES string of the molecule is CCn1c(CNC(=O)c2ccc(Cl)c(Cl)c2)nnc1SCC(=O)Nc1ccc2ccccc2c1. The molecule has 0 spiro atoms. The van der Waals surface area contributed by atoms with Crippen LogP contribution in [-0.4, -0.2) is 32.3 Å². The van der Waals surface area contributed by atoms with E-state index in [1.165, 1.54) is 17.8 Å². The number of rotatable bonds is 8. The van der Waals surface area contributed by atoms with Gasteiger partial charge in [0.15, 0.2) is 11.0 Å². The molecule has 1 aromatic heterocycles. The molecule has 2 amide bonds. The summed E-state index contributed by atoms with van der Waals surface area (Å²) in [5, 5.41) is 17.6. The highest BCUT2D eigenvalue weighted by atomic mass is 35.5. The Bertz CT molecular complexity index is 1360. The van der Waals surface area contributed by atoms with E-state index in [9.17, 15) is 9.59 Å². The van der Waals surface area contributed by atoms with E-state index in [2.05, 4.69) is 20.8 Å². The number of nitrogens with one attached hydrogen (secondary N) is 2. The van der Waals surface area contributed by atoms with E-state index in [-0.39, 0.29) is 24.1 Å². The number of carbonyl (C=O) groups is 2. The summed E-state index contributed by atoms with van der Waals surface area (Å²) in [4.78, 5) is 24.9. The fourth-order valence-electron chi connectivity index (χ4n) is 3.37. The largest absolute Gasteiger partial charge is 0.345 e. The number of nitrogens with zero attached hydrogens (tertiary/aromatic N) is 3. The predicted molar refractivity (Wildman–Crippen MR) is 137 cm³/mol. The van der Waals surface area contributed by atoms with Crippen molar-refractivity contribution in [2.45, 2.75) is 25.2 Å². The van der Waals surface area contributed by atoms with E-state index in [4.69, 9.17) is 23.2 Å². The molecule has 10 heteroatoms. The van der Waals surface area contributed by atoms with Crippen LogP contribution in [0.2, 0.25) is 10.0 Å². The van der Waals surface area contributed by atoms with Crippen LogP contribution in [0.5, 0.6) is 0 Å². The highest BCUT2D eigenvalue weighted by Gasteiger charge is 2.15. The van der Waals surface area contributed by atoms with E-state index >= 15 is 0 Å². The molecule has 0 aliphatic carbocycles. The molecule has 174 valence electrons. The number of fused-ring (bicyclic) bond motifs is 1. The minimum Gasteiger partial charge on any atom is -0.345 e. The molecule has 0 unspecified atom stereocenters. The molecule has 2 N–H and O–H groups in total. The van der Waals surface area contributed by atoms with Crippen molar-refractivity contribution >= 4 is 63.2 Å². The standard InChI is InChI=1S/C24H21Cl2N5O2S/c1-2-31-21(13-27-23(33)17-8-10-19(25)20(26)12-17)29-30-24(31)34-14-22(32)28-18-9-7-15-5-3-4-6-16(15)11-18/h3-12H,2,13-14H2,1H3,(H,27,33)(H,28,32). The molecule has 1 heterocycles. The van der Waals surface area contributed by atoms with Gasteiger partial charge >= 0.3 is 0 Å². The lowest BCUT2D eigenvalue weighted by molar-refractivity contribution is -0.113. The summed E-state index contributed by atoms with van der Waals surface area (Å²) in [6.45, 7) is 2.73. The summed E-state index contributed by atoms with van der Waals surface area (Å²) in [7, 11) is 0. The molecule has 0 aliphatic rings. The van der Waals surface area contributed by atoms with E-state index in [1.54, 1.807) is 12.1 Å². The van der Waals surface area contributed by atoms with Gasteiger partial charge in [-0.25, -0.2) is 0 Å². The van der Waals surface area contributed by atoms with Gasteiger partial charge in [0, 0.05) is 17.8 Å². The zero-order chi connectivity index (χ0) is 24.1. The number of halogens is 2. The van der Waals surface area contributed by atoms with Crippen molar-refractivity contribution in [3.63, 3.8) is 0 Å². The van der Waals surface area contributed by atoms with Gasteiger partial charge in [0.05, 0.1) is 22.3 Å². The van der Waals surface area contributed by atoms with Crippen LogP contribution >= 0.6 is 35.0 Å². The number of anilines is 1. The molecule has 0 fully saturated rings. The maximum atomic E-state index is 12.5. The fourth-order valence-corrected chi connectivity index (χ4v) is 4.49. The summed E-state index contributed by atoms with van der Waals surface area (Å²) in [6, 6.07) is 18.5. The number of benzene rings is 3. The van der Waals surface area contributed by atoms with Crippen molar-refractivity contribution in [3.8, 4) is 0 Å². The van der Waals surface area contributed by atoms with Crippen molar-refractivity contribution < 1.29 is 9.59 Å². The molecule has 0 saturated carbocycles. The van der Waals surface area contributed by atoms with Crippen LogP contribution in [0.25, 0.3) is 10.8 Å². The Morgan fingerprint density at radius 2 is 1.76 bits per heavy atom. The summed E-state index contributed by atoms with van der Waals surface area (Å²) >= 11 is 13.2. The molecule has 3 aromatic carbocycles. The second-order valence-electron chi connectivity index (χ2n) is 7.35. The molecule has 0 radical (unpaired) electrons. The maximum Gasteiger partial charge on any atom is 0.251 e. The molecular formula is C24H21Cl2N5O2S. The van der Waals surface area contributed by atoms with Gasteiger partial charge in [-0.2, -0.15) is 0 Å². The van der Waals surface area contributed by atoms with Crippen molar-refractivity contribution in [2.24, 2.45) is 0 Å². The maximum absolute atomic E-state index is 12.5. The Balaban J connectivity index is 1.34. The minimum absolute atomic E-state index is 0.139. The normalized spacial score (nSPS) is 10.9. The van der Waals surface area contributed by atoms with Gasteiger partial charge in [0.2, 0.25) is 5.91 Å². The lowest BCUT2D eigenvalue weighted by Crippen LogP contribution is -2.24. The van der Waals surface area contributed by atoms with Gasteiger partial charge in [-0.3, -0.25) is 9.59 Å². The number of hydrogen-bond donors (Lipinski definition) is 2. The van der Waals surface area contributed by atoms with Crippen molar-refractivity contribution in [3.05, 3.63) is 82.1 Å². The third-order valence-electron chi connectivity index (χ3n) is 5.06. The summed E-state index contributed by atoms with van der Waals surface area (Å²) < 4.78 is 1.86. The number of carbonyl (C=O) groups excluding carboxylic acids is 2. The lowest BCUT2D eigenvalue weighted by Gasteiger charge is -2.09. The van der Waals surface area contributed by atoms with Crippen molar-refractivity contribution in [1.29, 1.82) is 0 Å². The van der Waals surface area contributed by atoms with E-state index in [0.717, 1.165) is 16.5 Å². The van der Waals surface area contributed by atoms with Crippen LogP contribution in [0.15, 0.2) is 65.8 Å². The molecule has 4 rings (SSSR count). The van der Waals surface area contributed by atoms with Gasteiger partial charge in [0.1, 0.15) is 0 Å². The first-order chi connectivity index (χ1) is 16.4. The van der Waals surface area contributed by atoms with Gasteiger partial charge < -0.3 is 15.2 Å². The Labute approximate surface area is 210 Å². The average molecular weight is 514 g/mol. The molecule has 34 heavy (non-hydrogen) atoms. The van der Waals surface area contributed by atoms with Gasteiger partial charge in [-0.1, -0.05) is 65.3 Å². The van der Waals surface area contributed by atoms with Crippen LogP contribution < -0.4 is 10.6 Å². The second-order valence-corrected chi connectivity index (χ2v) is 9.11. The minimum atomic E-state index is -0.298. The fraction of sp³-hybridized carbons (Fsp3) is 0.167. The van der Waals surface area contributed by atoms with Crippen molar-refractivity contribution in [2.75, 3.05) is 11.1 Å². The number of thioether (sulfide) groups is 1. The van der Waals surface area contributed by atoms with Crippen LogP contribution in [0, 0.1) is 0 Å². The van der Waals surface area contributed by atoms with Crippen molar-refractivity contribution in [1.82, 2.24) is 20.1 Å². The van der Waals surface area contributed by atoms with E-state index < -0.39 is 0 Å². The molecule has 0 aliphatic heterocycles. The molecule has 0 saturated heterocycles. The van der Waals surface area contributed by atoms with Crippen LogP contribution in [0.1, 0.15) is 23.1 Å². The van der Waals surface area contributed by atoms with Crippen LogP contribution in [0.4, 0.5) is 5.69 Å². The molecule has 7 nitrogen and oxygen atoms in total. The number of amides is 2. The van der Waals surface area contributed by atoms with E-state index in [1.807, 2.05) is 54.0 Å². The first-order valence-corrected chi connectivity index (χ1v) is 12.3. The van der Waals surface area contributed by atoms with Gasteiger partial charge in [0.25, 0.3) is 5.91 Å². The third kappa shape index (κ3) is 5.70. The van der Waals surface area contributed by atoms with Gasteiger partial charge in [-0.15, -0.1) is 10.2 Å². The first kappa shape index (κ1) is 24.1. The Hall–Kier alpha value is -3.07. The summed E-state index contributed by atoms with van der Waals surface area (Å²) in [5.74, 6) is 0.336. The highest BCUT2D eigenvalue weighted by molar-refractivity contribution is 7.99.